The van der Waals surface area contributed by atoms with Crippen molar-refractivity contribution in [3.63, 3.8) is 0 Å². The first-order chi connectivity index (χ1) is 13.7. The molecule has 4 heteroatoms. The third-order valence-corrected chi connectivity index (χ3v) is 10.9. The number of carbonyl (C=O) groups excluding carboxylic acids is 1. The van der Waals surface area contributed by atoms with Gasteiger partial charge in [0.1, 0.15) is 6.10 Å². The second-order valence-corrected chi connectivity index (χ2v) is 11.9. The summed E-state index contributed by atoms with van der Waals surface area (Å²) in [7, 11) is 0. The lowest BCUT2D eigenvalue weighted by Gasteiger charge is -2.64. The number of carbonyl (C=O) groups is 1. The number of fused-ring (bicyclic) bond motifs is 7. The van der Waals surface area contributed by atoms with Gasteiger partial charge in [-0.1, -0.05) is 34.1 Å². The van der Waals surface area contributed by atoms with Crippen molar-refractivity contribution in [1.82, 2.24) is 0 Å². The smallest absolute Gasteiger partial charge is 0.306 e. The summed E-state index contributed by atoms with van der Waals surface area (Å²) >= 11 is 0. The largest absolute Gasteiger partial charge is 0.462 e. The summed E-state index contributed by atoms with van der Waals surface area (Å²) in [6.45, 7) is 9.38. The molecule has 3 unspecified atom stereocenters. The topological polar surface area (TPSA) is 66.8 Å². The molecule has 0 amide bonds. The van der Waals surface area contributed by atoms with E-state index < -0.39 is 0 Å². The van der Waals surface area contributed by atoms with E-state index in [1.165, 1.54) is 12.8 Å². The zero-order valence-electron chi connectivity index (χ0n) is 18.6. The minimum Gasteiger partial charge on any atom is -0.462 e. The quantitative estimate of drug-likeness (QED) is 0.644. The third kappa shape index (κ3) is 2.67. The molecule has 12 atom stereocenters. The van der Waals surface area contributed by atoms with Crippen molar-refractivity contribution in [3.05, 3.63) is 0 Å². The Morgan fingerprint density at radius 3 is 2.48 bits per heavy atom. The molecule has 1 saturated heterocycles. The van der Waals surface area contributed by atoms with Crippen LogP contribution in [0.15, 0.2) is 0 Å². The Labute approximate surface area is 175 Å². The fraction of sp³-hybridized carbons (Fsp3) is 0.960. The van der Waals surface area contributed by atoms with E-state index in [2.05, 4.69) is 27.7 Å². The van der Waals surface area contributed by atoms with E-state index in [4.69, 9.17) is 4.74 Å². The molecular formula is C25H40O4. The first kappa shape index (κ1) is 20.3. The van der Waals surface area contributed by atoms with Crippen molar-refractivity contribution < 1.29 is 19.7 Å². The standard InChI is InChI=1S/C25H40O4/c1-5-15-17-11-14(26)6-8-24(17,3)16-7-9-25(4)18(21(16)23(15)28)12-19-22(25)13(2)10-20(27)29-19/h13-19,21-23,26,28H,5-12H2,1-4H3/t13-,14-,15-,16?,17+,18?,19+,21?,22+,23-,24-,25+/m1/s1. The van der Waals surface area contributed by atoms with Crippen LogP contribution in [0, 0.1) is 52.3 Å². The minimum absolute atomic E-state index is 0.0264. The van der Waals surface area contributed by atoms with Crippen LogP contribution in [0.5, 0.6) is 0 Å². The molecule has 4 nitrogen and oxygen atoms in total. The van der Waals surface area contributed by atoms with Crippen LogP contribution in [0.4, 0.5) is 0 Å². The third-order valence-electron chi connectivity index (χ3n) is 10.9. The number of rotatable bonds is 1. The molecule has 164 valence electrons. The molecule has 4 aliphatic carbocycles. The maximum absolute atomic E-state index is 12.1. The van der Waals surface area contributed by atoms with Gasteiger partial charge in [-0.3, -0.25) is 4.79 Å². The molecule has 5 rings (SSSR count). The van der Waals surface area contributed by atoms with Crippen LogP contribution in [0.3, 0.4) is 0 Å². The van der Waals surface area contributed by atoms with Crippen molar-refractivity contribution >= 4 is 5.97 Å². The van der Waals surface area contributed by atoms with Crippen molar-refractivity contribution in [3.8, 4) is 0 Å². The Bertz CT molecular complexity index is 678. The Kier molecular flexibility index (Phi) is 4.68. The molecule has 29 heavy (non-hydrogen) atoms. The van der Waals surface area contributed by atoms with E-state index in [0.717, 1.165) is 32.1 Å². The highest BCUT2D eigenvalue weighted by atomic mass is 16.5. The predicted molar refractivity (Wildman–Crippen MR) is 111 cm³/mol. The van der Waals surface area contributed by atoms with Crippen LogP contribution in [0.1, 0.15) is 79.1 Å². The molecule has 0 radical (unpaired) electrons. The highest BCUT2D eigenvalue weighted by Gasteiger charge is 2.67. The molecular weight excluding hydrogens is 364 g/mol. The molecule has 2 N–H and O–H groups in total. The summed E-state index contributed by atoms with van der Waals surface area (Å²) in [5, 5.41) is 22.1. The van der Waals surface area contributed by atoms with Gasteiger partial charge >= 0.3 is 5.97 Å². The van der Waals surface area contributed by atoms with Gasteiger partial charge in [-0.2, -0.15) is 0 Å². The van der Waals surface area contributed by atoms with Gasteiger partial charge in [0.2, 0.25) is 0 Å². The van der Waals surface area contributed by atoms with E-state index in [-0.39, 0.29) is 41.0 Å². The van der Waals surface area contributed by atoms with Crippen LogP contribution < -0.4 is 0 Å². The van der Waals surface area contributed by atoms with E-state index >= 15 is 0 Å². The second kappa shape index (κ2) is 6.69. The van der Waals surface area contributed by atoms with Gasteiger partial charge in [-0.25, -0.2) is 0 Å². The van der Waals surface area contributed by atoms with Gasteiger partial charge in [0.15, 0.2) is 0 Å². The Hall–Kier alpha value is -0.610. The summed E-state index contributed by atoms with van der Waals surface area (Å²) in [5.74, 6) is 2.78. The lowest BCUT2D eigenvalue weighted by Crippen LogP contribution is -2.62. The Balaban J connectivity index is 1.53. The molecule has 0 aromatic carbocycles. The van der Waals surface area contributed by atoms with E-state index in [1.807, 2.05) is 0 Å². The lowest BCUT2D eigenvalue weighted by atomic mass is 9.41. The fourth-order valence-electron chi connectivity index (χ4n) is 9.73. The first-order valence-corrected chi connectivity index (χ1v) is 12.3. The van der Waals surface area contributed by atoms with Gasteiger partial charge in [0.05, 0.1) is 12.2 Å². The van der Waals surface area contributed by atoms with Gasteiger partial charge in [-0.15, -0.1) is 0 Å². The number of hydrogen-bond acceptors (Lipinski definition) is 4. The Morgan fingerprint density at radius 2 is 1.76 bits per heavy atom. The van der Waals surface area contributed by atoms with E-state index in [0.29, 0.717) is 41.9 Å². The monoisotopic (exact) mass is 404 g/mol. The lowest BCUT2D eigenvalue weighted by molar-refractivity contribution is -0.204. The van der Waals surface area contributed by atoms with Gasteiger partial charge in [0.25, 0.3) is 0 Å². The van der Waals surface area contributed by atoms with E-state index in [1.54, 1.807) is 0 Å². The summed E-state index contributed by atoms with van der Waals surface area (Å²) in [6.07, 6.45) is 7.26. The number of hydrogen-bond donors (Lipinski definition) is 2. The maximum atomic E-state index is 12.1. The normalized spacial score (nSPS) is 59.2. The zero-order chi connectivity index (χ0) is 20.7. The molecule has 4 saturated carbocycles. The first-order valence-electron chi connectivity index (χ1n) is 12.3. The van der Waals surface area contributed by atoms with E-state index in [9.17, 15) is 15.0 Å². The van der Waals surface area contributed by atoms with Crippen molar-refractivity contribution in [2.75, 3.05) is 0 Å². The average Bonchev–Trinajstić information content (AvgIpc) is 2.95. The number of ether oxygens (including phenoxy) is 1. The average molecular weight is 405 g/mol. The molecule has 5 aliphatic rings. The van der Waals surface area contributed by atoms with Crippen molar-refractivity contribution in [2.24, 2.45) is 52.3 Å². The SMILES string of the molecule is CC[C@H]1[C@@H](O)C2C3C[C@@H]4OC(=O)C[C@@H](C)[C@@H]4[C@@]3(C)CCC2[C@@]2(C)CC[C@@H](O)C[C@@H]12. The predicted octanol–water partition coefficient (Wildman–Crippen LogP) is 4.17. The molecule has 0 aromatic rings. The van der Waals surface area contributed by atoms with Crippen molar-refractivity contribution in [1.29, 1.82) is 0 Å². The molecule has 0 aromatic heterocycles. The minimum atomic E-state index is -0.288. The highest BCUT2D eigenvalue weighted by Crippen LogP contribution is 2.70. The summed E-state index contributed by atoms with van der Waals surface area (Å²) in [6, 6.07) is 0. The number of aliphatic hydroxyl groups excluding tert-OH is 2. The number of aliphatic hydroxyl groups is 2. The molecule has 0 spiro atoms. The summed E-state index contributed by atoms with van der Waals surface area (Å²) in [5.41, 5.74) is 0.393. The van der Waals surface area contributed by atoms with Gasteiger partial charge in [-0.05, 0) is 84.9 Å². The highest BCUT2D eigenvalue weighted by molar-refractivity contribution is 5.71. The maximum Gasteiger partial charge on any atom is 0.306 e. The van der Waals surface area contributed by atoms with Crippen LogP contribution in [-0.2, 0) is 9.53 Å². The summed E-state index contributed by atoms with van der Waals surface area (Å²) in [4.78, 5) is 12.1. The molecule has 1 heterocycles. The van der Waals surface area contributed by atoms with Crippen LogP contribution >= 0.6 is 0 Å². The summed E-state index contributed by atoms with van der Waals surface area (Å²) < 4.78 is 5.90. The fourth-order valence-corrected chi connectivity index (χ4v) is 9.73. The Morgan fingerprint density at radius 1 is 1.03 bits per heavy atom. The molecule has 5 fully saturated rings. The van der Waals surface area contributed by atoms with Crippen molar-refractivity contribution in [2.45, 2.75) is 97.4 Å². The molecule has 1 aliphatic heterocycles. The molecule has 0 bridgehead atoms. The van der Waals surface area contributed by atoms with Gasteiger partial charge < -0.3 is 14.9 Å². The van der Waals surface area contributed by atoms with Crippen LogP contribution in [0.25, 0.3) is 0 Å². The number of esters is 1. The zero-order valence-corrected chi connectivity index (χ0v) is 18.6. The van der Waals surface area contributed by atoms with Crippen LogP contribution in [-0.4, -0.2) is 34.5 Å². The second-order valence-electron chi connectivity index (χ2n) is 11.9. The van der Waals surface area contributed by atoms with Crippen LogP contribution in [0.2, 0.25) is 0 Å². The van der Waals surface area contributed by atoms with Gasteiger partial charge in [0, 0.05) is 12.3 Å².